The molecule has 3 unspecified atom stereocenters. The van der Waals surface area contributed by atoms with Gasteiger partial charge in [-0.3, -0.25) is 0 Å². The fraction of sp³-hybridized carbons (Fsp3) is 0.571. The molecule has 0 radical (unpaired) electrons. The molecular weight excluding hydrogens is 217 g/mol. The van der Waals surface area contributed by atoms with Crippen LogP contribution in [0.2, 0.25) is 0 Å². The standard InChI is InChI=1S/C14H20FNO/c1-2-5-10-8-13(10)16-9-14(17)11-6-3-4-7-12(11)15/h3-4,6-7,10,13-14,16-17H,2,5,8-9H2,1H3. The molecule has 2 nitrogen and oxygen atoms in total. The van der Waals surface area contributed by atoms with Gasteiger partial charge in [0, 0.05) is 18.2 Å². The van der Waals surface area contributed by atoms with Gasteiger partial charge in [-0.2, -0.15) is 0 Å². The van der Waals surface area contributed by atoms with Crippen LogP contribution in [-0.4, -0.2) is 17.7 Å². The summed E-state index contributed by atoms with van der Waals surface area (Å²) in [4.78, 5) is 0. The average molecular weight is 237 g/mol. The third kappa shape index (κ3) is 3.27. The lowest BCUT2D eigenvalue weighted by molar-refractivity contribution is 0.169. The highest BCUT2D eigenvalue weighted by atomic mass is 19.1. The summed E-state index contributed by atoms with van der Waals surface area (Å²) in [5, 5.41) is 13.2. The molecule has 3 atom stereocenters. The number of hydrogen-bond donors (Lipinski definition) is 2. The van der Waals surface area contributed by atoms with Crippen LogP contribution >= 0.6 is 0 Å². The molecule has 2 rings (SSSR count). The van der Waals surface area contributed by atoms with Crippen molar-refractivity contribution >= 4 is 0 Å². The molecule has 0 bridgehead atoms. The predicted molar refractivity (Wildman–Crippen MR) is 66.2 cm³/mol. The van der Waals surface area contributed by atoms with Crippen LogP contribution in [0.25, 0.3) is 0 Å². The van der Waals surface area contributed by atoms with Gasteiger partial charge in [0.15, 0.2) is 0 Å². The highest BCUT2D eigenvalue weighted by Gasteiger charge is 2.35. The van der Waals surface area contributed by atoms with Gasteiger partial charge >= 0.3 is 0 Å². The molecule has 1 aromatic rings. The van der Waals surface area contributed by atoms with E-state index in [-0.39, 0.29) is 5.82 Å². The molecule has 1 fully saturated rings. The van der Waals surface area contributed by atoms with Crippen LogP contribution in [0, 0.1) is 11.7 Å². The minimum absolute atomic E-state index is 0.331. The molecule has 0 amide bonds. The zero-order valence-electron chi connectivity index (χ0n) is 10.2. The topological polar surface area (TPSA) is 32.3 Å². The molecule has 0 heterocycles. The summed E-state index contributed by atoms with van der Waals surface area (Å²) in [7, 11) is 0. The molecular formula is C14H20FNO. The summed E-state index contributed by atoms with van der Waals surface area (Å²) < 4.78 is 13.4. The Labute approximate surface area is 102 Å². The summed E-state index contributed by atoms with van der Waals surface area (Å²) in [5.41, 5.74) is 0.382. The normalized spacial score (nSPS) is 24.6. The number of nitrogens with one attached hydrogen (secondary N) is 1. The lowest BCUT2D eigenvalue weighted by Gasteiger charge is -2.12. The first-order valence-corrected chi connectivity index (χ1v) is 6.38. The molecule has 2 N–H and O–H groups in total. The van der Waals surface area contributed by atoms with E-state index in [1.807, 2.05) is 0 Å². The average Bonchev–Trinajstić information content (AvgIpc) is 3.06. The van der Waals surface area contributed by atoms with Crippen LogP contribution in [-0.2, 0) is 0 Å². The Hall–Kier alpha value is -0.930. The smallest absolute Gasteiger partial charge is 0.129 e. The quantitative estimate of drug-likeness (QED) is 0.797. The van der Waals surface area contributed by atoms with Crippen molar-refractivity contribution in [2.24, 2.45) is 5.92 Å². The molecule has 1 aliphatic carbocycles. The van der Waals surface area contributed by atoms with Crippen molar-refractivity contribution in [3.63, 3.8) is 0 Å². The van der Waals surface area contributed by atoms with E-state index in [9.17, 15) is 9.50 Å². The lowest BCUT2D eigenvalue weighted by Crippen LogP contribution is -2.25. The van der Waals surface area contributed by atoms with E-state index in [1.165, 1.54) is 25.3 Å². The van der Waals surface area contributed by atoms with E-state index in [0.717, 1.165) is 5.92 Å². The van der Waals surface area contributed by atoms with Crippen LogP contribution < -0.4 is 5.32 Å². The van der Waals surface area contributed by atoms with E-state index in [1.54, 1.807) is 18.2 Å². The largest absolute Gasteiger partial charge is 0.387 e. The maximum Gasteiger partial charge on any atom is 0.129 e. The maximum atomic E-state index is 13.4. The second kappa shape index (κ2) is 5.61. The minimum atomic E-state index is -0.751. The van der Waals surface area contributed by atoms with Crippen LogP contribution in [0.4, 0.5) is 4.39 Å². The summed E-state index contributed by atoms with van der Waals surface area (Å²) in [6, 6.07) is 6.93. The van der Waals surface area contributed by atoms with Crippen molar-refractivity contribution < 1.29 is 9.50 Å². The Kier molecular flexibility index (Phi) is 4.13. The monoisotopic (exact) mass is 237 g/mol. The molecule has 94 valence electrons. The van der Waals surface area contributed by atoms with Crippen LogP contribution in [0.1, 0.15) is 37.9 Å². The highest BCUT2D eigenvalue weighted by Crippen LogP contribution is 2.34. The van der Waals surface area contributed by atoms with Crippen molar-refractivity contribution in [1.29, 1.82) is 0 Å². The molecule has 0 saturated heterocycles. The molecule has 1 aromatic carbocycles. The molecule has 3 heteroatoms. The van der Waals surface area contributed by atoms with Crippen molar-refractivity contribution in [2.75, 3.05) is 6.54 Å². The number of aliphatic hydroxyl groups is 1. The van der Waals surface area contributed by atoms with Gasteiger partial charge < -0.3 is 10.4 Å². The summed E-state index contributed by atoms with van der Waals surface area (Å²) in [6.07, 6.45) is 2.89. The number of halogens is 1. The maximum absolute atomic E-state index is 13.4. The van der Waals surface area contributed by atoms with Gasteiger partial charge in [0.2, 0.25) is 0 Å². The van der Waals surface area contributed by atoms with Crippen molar-refractivity contribution in [2.45, 2.75) is 38.3 Å². The van der Waals surface area contributed by atoms with Crippen LogP contribution in [0.5, 0.6) is 0 Å². The first kappa shape index (κ1) is 12.5. The zero-order valence-corrected chi connectivity index (χ0v) is 10.2. The Bertz CT molecular complexity index is 369. The summed E-state index contributed by atoms with van der Waals surface area (Å²) in [6.45, 7) is 2.62. The van der Waals surface area contributed by atoms with Crippen molar-refractivity contribution in [3.8, 4) is 0 Å². The van der Waals surface area contributed by atoms with Crippen molar-refractivity contribution in [3.05, 3.63) is 35.6 Å². The number of aliphatic hydroxyl groups excluding tert-OH is 1. The lowest BCUT2D eigenvalue weighted by atomic mass is 10.1. The van der Waals surface area contributed by atoms with Gasteiger partial charge in [0.05, 0.1) is 6.10 Å². The third-order valence-corrected chi connectivity index (χ3v) is 3.42. The fourth-order valence-corrected chi connectivity index (χ4v) is 2.31. The minimum Gasteiger partial charge on any atom is -0.387 e. The Morgan fingerprint density at radius 2 is 2.24 bits per heavy atom. The van der Waals surface area contributed by atoms with Gasteiger partial charge in [-0.05, 0) is 24.8 Å². The molecule has 0 spiro atoms. The first-order valence-electron chi connectivity index (χ1n) is 6.38. The fourth-order valence-electron chi connectivity index (χ4n) is 2.31. The first-order chi connectivity index (χ1) is 8.22. The van der Waals surface area contributed by atoms with Crippen molar-refractivity contribution in [1.82, 2.24) is 5.32 Å². The molecule has 0 aliphatic heterocycles. The van der Waals surface area contributed by atoms with Gasteiger partial charge in [-0.1, -0.05) is 31.5 Å². The summed E-state index contributed by atoms with van der Waals surface area (Å²) >= 11 is 0. The van der Waals surface area contributed by atoms with E-state index < -0.39 is 6.10 Å². The van der Waals surface area contributed by atoms with Gasteiger partial charge in [0.25, 0.3) is 0 Å². The Balaban J connectivity index is 1.79. The number of rotatable bonds is 6. The SMILES string of the molecule is CCCC1CC1NCC(O)c1ccccc1F. The molecule has 1 saturated carbocycles. The molecule has 1 aliphatic rings. The molecule has 0 aromatic heterocycles. The number of hydrogen-bond acceptors (Lipinski definition) is 2. The number of benzene rings is 1. The highest BCUT2D eigenvalue weighted by molar-refractivity contribution is 5.20. The van der Waals surface area contributed by atoms with Crippen LogP contribution in [0.3, 0.4) is 0 Å². The predicted octanol–water partition coefficient (Wildman–Crippen LogP) is 2.64. The third-order valence-electron chi connectivity index (χ3n) is 3.42. The Morgan fingerprint density at radius 3 is 2.94 bits per heavy atom. The zero-order chi connectivity index (χ0) is 12.3. The van der Waals surface area contributed by atoms with E-state index in [0.29, 0.717) is 18.2 Å². The van der Waals surface area contributed by atoms with E-state index >= 15 is 0 Å². The summed E-state index contributed by atoms with van der Waals surface area (Å²) in [5.74, 6) is 0.426. The van der Waals surface area contributed by atoms with Gasteiger partial charge in [-0.25, -0.2) is 4.39 Å². The van der Waals surface area contributed by atoms with E-state index in [2.05, 4.69) is 12.2 Å². The van der Waals surface area contributed by atoms with Gasteiger partial charge in [-0.15, -0.1) is 0 Å². The second-order valence-electron chi connectivity index (χ2n) is 4.84. The second-order valence-corrected chi connectivity index (χ2v) is 4.84. The van der Waals surface area contributed by atoms with E-state index in [4.69, 9.17) is 0 Å². The molecule has 17 heavy (non-hydrogen) atoms. The Morgan fingerprint density at radius 1 is 1.47 bits per heavy atom. The van der Waals surface area contributed by atoms with Crippen LogP contribution in [0.15, 0.2) is 24.3 Å². The van der Waals surface area contributed by atoms with Gasteiger partial charge in [0.1, 0.15) is 5.82 Å².